The summed E-state index contributed by atoms with van der Waals surface area (Å²) < 4.78 is 4.96. The number of aromatic nitrogens is 1. The maximum absolute atomic E-state index is 11.6. The van der Waals surface area contributed by atoms with Crippen LogP contribution in [0.25, 0.3) is 28.5 Å². The molecule has 1 N–H and O–H groups in total. The van der Waals surface area contributed by atoms with Gasteiger partial charge < -0.3 is 9.72 Å². The second-order valence-electron chi connectivity index (χ2n) is 7.65. The van der Waals surface area contributed by atoms with Gasteiger partial charge in [-0.25, -0.2) is 4.79 Å². The molecule has 3 heteroatoms. The van der Waals surface area contributed by atoms with E-state index in [2.05, 4.69) is 71.7 Å². The Labute approximate surface area is 189 Å². The Hall–Kier alpha value is -3.85. The lowest BCUT2D eigenvalue weighted by Gasteiger charge is -2.04. The van der Waals surface area contributed by atoms with Gasteiger partial charge in [-0.3, -0.25) is 0 Å². The van der Waals surface area contributed by atoms with Crippen molar-refractivity contribution in [3.05, 3.63) is 114 Å². The molecule has 1 aromatic heterocycles. The third-order valence-corrected chi connectivity index (χ3v) is 5.35. The summed E-state index contributed by atoms with van der Waals surface area (Å²) in [5, 5.41) is 0. The van der Waals surface area contributed by atoms with Crippen molar-refractivity contribution in [1.29, 1.82) is 0 Å². The van der Waals surface area contributed by atoms with Gasteiger partial charge in [0.05, 0.1) is 12.3 Å². The Kier molecular flexibility index (Phi) is 6.98. The summed E-state index contributed by atoms with van der Waals surface area (Å²) in [5.41, 5.74) is 8.19. The van der Waals surface area contributed by atoms with Gasteiger partial charge in [0.15, 0.2) is 0 Å². The molecule has 32 heavy (non-hydrogen) atoms. The summed E-state index contributed by atoms with van der Waals surface area (Å²) in [6, 6.07) is 31.5. The van der Waals surface area contributed by atoms with E-state index in [1.807, 2.05) is 24.3 Å². The van der Waals surface area contributed by atoms with E-state index in [1.165, 1.54) is 34.0 Å². The zero-order valence-corrected chi connectivity index (χ0v) is 18.3. The first kappa shape index (κ1) is 21.4. The number of carbonyl (C=O) groups excluding carboxylic acids is 1. The van der Waals surface area contributed by atoms with Crippen LogP contribution in [0.3, 0.4) is 0 Å². The van der Waals surface area contributed by atoms with E-state index in [-0.39, 0.29) is 5.97 Å². The van der Waals surface area contributed by atoms with E-state index >= 15 is 0 Å². The zero-order valence-electron chi connectivity index (χ0n) is 18.3. The van der Waals surface area contributed by atoms with Crippen molar-refractivity contribution < 1.29 is 9.53 Å². The van der Waals surface area contributed by atoms with Gasteiger partial charge in [0.2, 0.25) is 0 Å². The molecule has 3 nitrogen and oxygen atoms in total. The first-order chi connectivity index (χ1) is 15.7. The number of aryl methyl sites for hydroxylation is 2. The molecular weight excluding hydrogens is 394 g/mol. The Bertz CT molecular complexity index is 1130. The Morgan fingerprint density at radius 1 is 0.844 bits per heavy atom. The van der Waals surface area contributed by atoms with Crippen LogP contribution in [0, 0.1) is 0 Å². The molecule has 4 rings (SSSR count). The van der Waals surface area contributed by atoms with E-state index in [9.17, 15) is 4.79 Å². The standard InChI is InChI=1S/C29H27NO2/c1-2-32-28(31)19-17-23-11-9-10-22(20-23)16-18-26-21-27(24-12-5-3-6-13-24)29(30-26)25-14-7-4-8-15-25/h3-15,17,19-21,30H,2,16,18H2,1H3. The van der Waals surface area contributed by atoms with Crippen LogP contribution in [-0.4, -0.2) is 17.6 Å². The van der Waals surface area contributed by atoms with Crippen LogP contribution in [0.15, 0.2) is 97.1 Å². The zero-order chi connectivity index (χ0) is 22.2. The number of carbonyl (C=O) groups is 1. The van der Waals surface area contributed by atoms with E-state index in [0.717, 1.165) is 24.1 Å². The topological polar surface area (TPSA) is 42.1 Å². The van der Waals surface area contributed by atoms with E-state index < -0.39 is 0 Å². The smallest absolute Gasteiger partial charge is 0.330 e. The van der Waals surface area contributed by atoms with Crippen LogP contribution in [0.2, 0.25) is 0 Å². The van der Waals surface area contributed by atoms with Crippen LogP contribution in [0.5, 0.6) is 0 Å². The van der Waals surface area contributed by atoms with Gasteiger partial charge >= 0.3 is 5.97 Å². The quantitative estimate of drug-likeness (QED) is 0.254. The van der Waals surface area contributed by atoms with Gasteiger partial charge in [-0.05, 0) is 54.2 Å². The monoisotopic (exact) mass is 421 g/mol. The molecule has 160 valence electrons. The van der Waals surface area contributed by atoms with Crippen molar-refractivity contribution >= 4 is 12.0 Å². The lowest BCUT2D eigenvalue weighted by Crippen LogP contribution is -1.98. The maximum atomic E-state index is 11.6. The fourth-order valence-corrected chi connectivity index (χ4v) is 3.81. The molecule has 0 spiro atoms. The highest BCUT2D eigenvalue weighted by molar-refractivity contribution is 5.87. The van der Waals surface area contributed by atoms with Crippen molar-refractivity contribution in [1.82, 2.24) is 4.98 Å². The highest BCUT2D eigenvalue weighted by Gasteiger charge is 2.12. The lowest BCUT2D eigenvalue weighted by molar-refractivity contribution is -0.137. The molecule has 0 aliphatic carbocycles. The highest BCUT2D eigenvalue weighted by atomic mass is 16.5. The minimum Gasteiger partial charge on any atom is -0.463 e. The first-order valence-corrected chi connectivity index (χ1v) is 11.0. The average molecular weight is 422 g/mol. The molecule has 3 aromatic carbocycles. The molecule has 0 unspecified atom stereocenters. The van der Waals surface area contributed by atoms with Crippen LogP contribution >= 0.6 is 0 Å². The summed E-state index contributed by atoms with van der Waals surface area (Å²) in [6.45, 7) is 2.19. The summed E-state index contributed by atoms with van der Waals surface area (Å²) in [5.74, 6) is -0.314. The second-order valence-corrected chi connectivity index (χ2v) is 7.65. The highest BCUT2D eigenvalue weighted by Crippen LogP contribution is 2.32. The van der Waals surface area contributed by atoms with Crippen molar-refractivity contribution in [2.45, 2.75) is 19.8 Å². The molecule has 0 fully saturated rings. The van der Waals surface area contributed by atoms with Gasteiger partial charge in [0.1, 0.15) is 0 Å². The molecule has 1 heterocycles. The average Bonchev–Trinajstić information content (AvgIpc) is 3.27. The van der Waals surface area contributed by atoms with E-state index in [0.29, 0.717) is 6.61 Å². The molecular formula is C29H27NO2. The second kappa shape index (κ2) is 10.5. The lowest BCUT2D eigenvalue weighted by atomic mass is 10.0. The maximum Gasteiger partial charge on any atom is 0.330 e. The van der Waals surface area contributed by atoms with Crippen LogP contribution in [0.4, 0.5) is 0 Å². The minimum absolute atomic E-state index is 0.314. The normalized spacial score (nSPS) is 11.0. The van der Waals surface area contributed by atoms with Gasteiger partial charge in [0, 0.05) is 17.3 Å². The molecule has 0 aliphatic rings. The number of hydrogen-bond acceptors (Lipinski definition) is 2. The SMILES string of the molecule is CCOC(=O)C=Cc1cccc(CCc2cc(-c3ccccc3)c(-c3ccccc3)[nH]2)c1. The van der Waals surface area contributed by atoms with Crippen molar-refractivity contribution in [2.75, 3.05) is 6.61 Å². The summed E-state index contributed by atoms with van der Waals surface area (Å²) in [4.78, 5) is 15.2. The van der Waals surface area contributed by atoms with Gasteiger partial charge in [-0.2, -0.15) is 0 Å². The first-order valence-electron chi connectivity index (χ1n) is 11.0. The molecule has 0 saturated carbocycles. The molecule has 4 aromatic rings. The molecule has 0 radical (unpaired) electrons. The largest absolute Gasteiger partial charge is 0.463 e. The fourth-order valence-electron chi connectivity index (χ4n) is 3.81. The van der Waals surface area contributed by atoms with Gasteiger partial charge in [-0.1, -0.05) is 84.9 Å². The number of aromatic amines is 1. The molecule has 0 bridgehead atoms. The molecule has 0 amide bonds. The van der Waals surface area contributed by atoms with Crippen molar-refractivity contribution in [2.24, 2.45) is 0 Å². The number of rotatable bonds is 8. The summed E-state index contributed by atoms with van der Waals surface area (Å²) in [7, 11) is 0. The number of nitrogens with one attached hydrogen (secondary N) is 1. The van der Waals surface area contributed by atoms with Gasteiger partial charge in [0.25, 0.3) is 0 Å². The van der Waals surface area contributed by atoms with Crippen LogP contribution < -0.4 is 0 Å². The van der Waals surface area contributed by atoms with Crippen molar-refractivity contribution in [3.8, 4) is 22.4 Å². The van der Waals surface area contributed by atoms with E-state index in [1.54, 1.807) is 13.0 Å². The molecule has 0 atom stereocenters. The third-order valence-electron chi connectivity index (χ3n) is 5.35. The van der Waals surface area contributed by atoms with Crippen LogP contribution in [-0.2, 0) is 22.4 Å². The Morgan fingerprint density at radius 3 is 2.28 bits per heavy atom. The number of benzene rings is 3. The number of ether oxygens (including phenoxy) is 1. The minimum atomic E-state index is -0.314. The summed E-state index contributed by atoms with van der Waals surface area (Å²) in [6.07, 6.45) is 5.09. The summed E-state index contributed by atoms with van der Waals surface area (Å²) >= 11 is 0. The number of H-pyrrole nitrogens is 1. The molecule has 0 aliphatic heterocycles. The van der Waals surface area contributed by atoms with Gasteiger partial charge in [-0.15, -0.1) is 0 Å². The predicted molar refractivity (Wildman–Crippen MR) is 131 cm³/mol. The molecule has 0 saturated heterocycles. The van der Waals surface area contributed by atoms with E-state index in [4.69, 9.17) is 4.74 Å². The predicted octanol–water partition coefficient (Wildman–Crippen LogP) is 6.71. The Balaban J connectivity index is 1.54. The number of hydrogen-bond donors (Lipinski definition) is 1. The third kappa shape index (κ3) is 5.44. The van der Waals surface area contributed by atoms with Crippen LogP contribution in [0.1, 0.15) is 23.7 Å². The number of esters is 1. The Morgan fingerprint density at radius 2 is 1.56 bits per heavy atom. The van der Waals surface area contributed by atoms with Crippen molar-refractivity contribution in [3.63, 3.8) is 0 Å². The fraction of sp³-hybridized carbons (Fsp3) is 0.138.